The third-order valence-electron chi connectivity index (χ3n) is 9.40. The molecule has 3 N–H and O–H groups in total. The highest BCUT2D eigenvalue weighted by atomic mass is 16.3. The maximum atomic E-state index is 10.5. The van der Waals surface area contributed by atoms with Gasteiger partial charge in [0.15, 0.2) is 0 Å². The molecule has 170 valence electrons. The topological polar surface area (TPSA) is 64.1 Å². The average Bonchev–Trinajstić information content (AvgIpc) is 3.23. The van der Waals surface area contributed by atoms with Gasteiger partial charge in [-0.05, 0) is 90.0 Å². The SMILES string of the molecule is C[C@@H]1C[C@H]([C@@]2(C)Cc3cnn(CC(C)(C)C)c3C[C@@H]2CO)[C@@H](CN)[C@H]2CC[C@H](C)[C@@H]21. The van der Waals surface area contributed by atoms with Crippen molar-refractivity contribution in [3.8, 4) is 0 Å². The molecule has 4 heteroatoms. The molecular formula is C26H45N3O. The Bertz CT molecular complexity index is 750. The minimum Gasteiger partial charge on any atom is -0.396 e. The van der Waals surface area contributed by atoms with Crippen molar-refractivity contribution in [1.29, 1.82) is 0 Å². The van der Waals surface area contributed by atoms with Gasteiger partial charge >= 0.3 is 0 Å². The quantitative estimate of drug-likeness (QED) is 0.759. The zero-order valence-corrected chi connectivity index (χ0v) is 20.2. The lowest BCUT2D eigenvalue weighted by molar-refractivity contribution is -0.0610. The van der Waals surface area contributed by atoms with Crippen LogP contribution in [0.25, 0.3) is 0 Å². The molecule has 0 saturated heterocycles. The summed E-state index contributed by atoms with van der Waals surface area (Å²) in [6.45, 7) is 16.2. The summed E-state index contributed by atoms with van der Waals surface area (Å²) in [7, 11) is 0. The van der Waals surface area contributed by atoms with Gasteiger partial charge < -0.3 is 10.8 Å². The first-order valence-electron chi connectivity index (χ1n) is 12.4. The molecule has 0 bridgehead atoms. The zero-order valence-electron chi connectivity index (χ0n) is 20.2. The Morgan fingerprint density at radius 2 is 1.97 bits per heavy atom. The molecule has 2 fully saturated rings. The van der Waals surface area contributed by atoms with Crippen molar-refractivity contribution in [2.75, 3.05) is 13.2 Å². The maximum absolute atomic E-state index is 10.5. The standard InChI is InChI=1S/C26H45N3O/c1-16-7-8-20-21(12-27)22(9-17(2)24(16)20)26(6)11-18-13-28-29(15-25(3,4)5)23(18)10-19(26)14-30/h13,16-17,19-22,24,30H,7-12,14-15,27H2,1-6H3/t16-,17+,19+,20+,21-,22-,24+,26-/m0/s1. The number of fused-ring (bicyclic) bond motifs is 2. The fraction of sp³-hybridized carbons (Fsp3) is 0.885. The number of hydrogen-bond donors (Lipinski definition) is 2. The van der Waals surface area contributed by atoms with Gasteiger partial charge in [-0.15, -0.1) is 0 Å². The van der Waals surface area contributed by atoms with Gasteiger partial charge in [0.05, 0.1) is 6.20 Å². The summed E-state index contributed by atoms with van der Waals surface area (Å²) >= 11 is 0. The van der Waals surface area contributed by atoms with E-state index in [1.165, 1.54) is 30.5 Å². The van der Waals surface area contributed by atoms with E-state index in [9.17, 15) is 5.11 Å². The first-order valence-corrected chi connectivity index (χ1v) is 12.4. The fourth-order valence-corrected chi connectivity index (χ4v) is 8.02. The van der Waals surface area contributed by atoms with Crippen LogP contribution >= 0.6 is 0 Å². The maximum Gasteiger partial charge on any atom is 0.0524 e. The molecule has 1 aromatic rings. The van der Waals surface area contributed by atoms with Gasteiger partial charge in [-0.1, -0.05) is 48.0 Å². The minimum atomic E-state index is 0.104. The average molecular weight is 416 g/mol. The van der Waals surface area contributed by atoms with Crippen LogP contribution in [0, 0.1) is 52.3 Å². The summed E-state index contributed by atoms with van der Waals surface area (Å²) < 4.78 is 2.22. The van der Waals surface area contributed by atoms with Gasteiger partial charge in [0, 0.05) is 18.8 Å². The van der Waals surface area contributed by atoms with Gasteiger partial charge in [-0.25, -0.2) is 0 Å². The van der Waals surface area contributed by atoms with Crippen LogP contribution in [0.2, 0.25) is 0 Å². The third-order valence-corrected chi connectivity index (χ3v) is 9.40. The number of rotatable bonds is 4. The van der Waals surface area contributed by atoms with Crippen LogP contribution in [0.3, 0.4) is 0 Å². The molecule has 0 aliphatic heterocycles. The molecule has 4 rings (SSSR count). The second-order valence-electron chi connectivity index (χ2n) is 12.6. The summed E-state index contributed by atoms with van der Waals surface area (Å²) in [5, 5.41) is 15.3. The molecule has 0 spiro atoms. The highest BCUT2D eigenvalue weighted by molar-refractivity contribution is 5.26. The van der Waals surface area contributed by atoms with Gasteiger partial charge in [0.25, 0.3) is 0 Å². The van der Waals surface area contributed by atoms with Crippen LogP contribution in [0.15, 0.2) is 6.20 Å². The Morgan fingerprint density at radius 3 is 2.60 bits per heavy atom. The number of hydrogen-bond acceptors (Lipinski definition) is 3. The molecule has 8 atom stereocenters. The Balaban J connectivity index is 1.66. The van der Waals surface area contributed by atoms with Crippen LogP contribution < -0.4 is 5.73 Å². The Labute approximate surface area is 184 Å². The molecule has 0 aromatic carbocycles. The number of aromatic nitrogens is 2. The predicted octanol–water partition coefficient (Wildman–Crippen LogP) is 4.54. The van der Waals surface area contributed by atoms with Crippen molar-refractivity contribution in [2.24, 2.45) is 58.0 Å². The van der Waals surface area contributed by atoms with E-state index in [0.29, 0.717) is 17.8 Å². The third kappa shape index (κ3) is 3.66. The summed E-state index contributed by atoms with van der Waals surface area (Å²) in [6.07, 6.45) is 8.10. The molecule has 4 nitrogen and oxygen atoms in total. The molecule has 1 aromatic heterocycles. The number of aliphatic hydroxyl groups is 1. The minimum absolute atomic E-state index is 0.104. The highest BCUT2D eigenvalue weighted by Gasteiger charge is 2.55. The lowest BCUT2D eigenvalue weighted by atomic mass is 9.50. The Hall–Kier alpha value is -0.870. The highest BCUT2D eigenvalue weighted by Crippen LogP contribution is 2.59. The van der Waals surface area contributed by atoms with E-state index >= 15 is 0 Å². The lowest BCUT2D eigenvalue weighted by Crippen LogP contribution is -2.53. The van der Waals surface area contributed by atoms with Crippen LogP contribution in [0.5, 0.6) is 0 Å². The smallest absolute Gasteiger partial charge is 0.0524 e. The van der Waals surface area contributed by atoms with E-state index in [4.69, 9.17) is 10.8 Å². The Morgan fingerprint density at radius 1 is 1.23 bits per heavy atom. The van der Waals surface area contributed by atoms with Gasteiger partial charge in [-0.3, -0.25) is 4.68 Å². The van der Waals surface area contributed by atoms with Crippen LogP contribution in [-0.4, -0.2) is 28.0 Å². The van der Waals surface area contributed by atoms with E-state index in [1.807, 2.05) is 0 Å². The Kier molecular flexibility index (Phi) is 5.89. The first-order chi connectivity index (χ1) is 14.1. The zero-order chi connectivity index (χ0) is 21.8. The number of nitrogens with zero attached hydrogens (tertiary/aromatic N) is 2. The summed E-state index contributed by atoms with van der Waals surface area (Å²) in [5.41, 5.74) is 9.56. The van der Waals surface area contributed by atoms with Gasteiger partial charge in [0.2, 0.25) is 0 Å². The first kappa shape index (κ1) is 22.3. The molecule has 1 heterocycles. The molecule has 0 unspecified atom stereocenters. The second-order valence-corrected chi connectivity index (χ2v) is 12.6. The molecule has 0 amide bonds. The van der Waals surface area contributed by atoms with E-state index in [1.54, 1.807) is 0 Å². The molecule has 3 aliphatic rings. The van der Waals surface area contributed by atoms with E-state index in [0.717, 1.165) is 49.6 Å². The van der Waals surface area contributed by atoms with Crippen molar-refractivity contribution < 1.29 is 5.11 Å². The van der Waals surface area contributed by atoms with E-state index in [2.05, 4.69) is 52.4 Å². The summed E-state index contributed by atoms with van der Waals surface area (Å²) in [4.78, 5) is 0. The molecule has 30 heavy (non-hydrogen) atoms. The van der Waals surface area contributed by atoms with Crippen LogP contribution in [0.1, 0.15) is 72.1 Å². The van der Waals surface area contributed by atoms with Crippen molar-refractivity contribution in [1.82, 2.24) is 9.78 Å². The lowest BCUT2D eigenvalue weighted by Gasteiger charge is -2.55. The number of nitrogens with two attached hydrogens (primary N) is 1. The molecular weight excluding hydrogens is 370 g/mol. The van der Waals surface area contributed by atoms with E-state index < -0.39 is 0 Å². The van der Waals surface area contributed by atoms with Crippen molar-refractivity contribution in [3.05, 3.63) is 17.5 Å². The predicted molar refractivity (Wildman–Crippen MR) is 123 cm³/mol. The van der Waals surface area contributed by atoms with Crippen molar-refractivity contribution >= 4 is 0 Å². The molecule has 3 aliphatic carbocycles. The van der Waals surface area contributed by atoms with Crippen molar-refractivity contribution in [3.63, 3.8) is 0 Å². The van der Waals surface area contributed by atoms with E-state index in [-0.39, 0.29) is 17.4 Å². The molecule has 2 saturated carbocycles. The normalized spacial score (nSPS) is 41.5. The summed E-state index contributed by atoms with van der Waals surface area (Å²) in [5.74, 6) is 4.72. The van der Waals surface area contributed by atoms with Gasteiger partial charge in [0.1, 0.15) is 0 Å². The number of aliphatic hydroxyl groups excluding tert-OH is 1. The second kappa shape index (κ2) is 7.92. The van der Waals surface area contributed by atoms with Gasteiger partial charge in [-0.2, -0.15) is 5.10 Å². The fourth-order valence-electron chi connectivity index (χ4n) is 8.02. The van der Waals surface area contributed by atoms with Crippen molar-refractivity contribution in [2.45, 2.75) is 80.2 Å². The van der Waals surface area contributed by atoms with Crippen LogP contribution in [-0.2, 0) is 19.4 Å². The molecule has 0 radical (unpaired) electrons. The monoisotopic (exact) mass is 415 g/mol. The summed E-state index contributed by atoms with van der Waals surface area (Å²) in [6, 6.07) is 0. The van der Waals surface area contributed by atoms with Crippen LogP contribution in [0.4, 0.5) is 0 Å². The largest absolute Gasteiger partial charge is 0.396 e.